The van der Waals surface area contributed by atoms with Gasteiger partial charge in [0.2, 0.25) is 5.91 Å². The van der Waals surface area contributed by atoms with Crippen LogP contribution in [0.1, 0.15) is 32.4 Å². The molecule has 0 aliphatic carbocycles. The highest BCUT2D eigenvalue weighted by Gasteiger charge is 2.30. The number of hydrogen-bond donors (Lipinski definition) is 1. The van der Waals surface area contributed by atoms with Gasteiger partial charge in [-0.1, -0.05) is 48.5 Å². The average molecular weight is 471 g/mol. The van der Waals surface area contributed by atoms with Crippen LogP contribution in [-0.4, -0.2) is 23.1 Å². The van der Waals surface area contributed by atoms with E-state index in [-0.39, 0.29) is 11.5 Å². The summed E-state index contributed by atoms with van der Waals surface area (Å²) < 4.78 is 8.83. The lowest BCUT2D eigenvalue weighted by Gasteiger charge is -2.27. The largest absolute Gasteiger partial charge is 0.497 e. The lowest BCUT2D eigenvalue weighted by atomic mass is 10.0. The molecule has 5 rings (SSSR count). The molecule has 0 spiro atoms. The Labute approximate surface area is 201 Å². The first-order chi connectivity index (χ1) is 16.3. The summed E-state index contributed by atoms with van der Waals surface area (Å²) in [6, 6.07) is 22.3. The molecule has 0 saturated carbocycles. The van der Waals surface area contributed by atoms with E-state index < -0.39 is 11.6 Å². The number of aromatic nitrogens is 1. The molecule has 0 bridgehead atoms. The number of hydrogen-bond acceptors (Lipinski definition) is 4. The van der Waals surface area contributed by atoms with E-state index in [4.69, 9.17) is 4.74 Å². The number of nitrogens with one attached hydrogen (secondary N) is 1. The van der Waals surface area contributed by atoms with Crippen LogP contribution < -0.4 is 15.6 Å². The van der Waals surface area contributed by atoms with Crippen molar-refractivity contribution in [1.29, 1.82) is 0 Å². The van der Waals surface area contributed by atoms with Crippen molar-refractivity contribution in [2.75, 3.05) is 7.11 Å². The van der Waals surface area contributed by atoms with Gasteiger partial charge in [-0.05, 0) is 50.6 Å². The monoisotopic (exact) mass is 470 g/mol. The van der Waals surface area contributed by atoms with Gasteiger partial charge < -0.3 is 10.1 Å². The summed E-state index contributed by atoms with van der Waals surface area (Å²) in [5.41, 5.74) is 0.824. The summed E-state index contributed by atoms with van der Waals surface area (Å²) in [5.74, 6) is 0.475. The first-order valence-corrected chi connectivity index (χ1v) is 12.0. The molecule has 0 aliphatic heterocycles. The summed E-state index contributed by atoms with van der Waals surface area (Å²) in [6.45, 7) is 5.82. The van der Waals surface area contributed by atoms with Gasteiger partial charge in [-0.3, -0.25) is 14.2 Å². The highest BCUT2D eigenvalue weighted by molar-refractivity contribution is 7.26. The predicted octanol–water partition coefficient (Wildman–Crippen LogP) is 5.88. The predicted molar refractivity (Wildman–Crippen MR) is 140 cm³/mol. The second-order valence-corrected chi connectivity index (χ2v) is 10.5. The van der Waals surface area contributed by atoms with Crippen LogP contribution in [-0.2, 0) is 4.79 Å². The van der Waals surface area contributed by atoms with Gasteiger partial charge in [0.25, 0.3) is 5.56 Å². The fourth-order valence-corrected chi connectivity index (χ4v) is 5.64. The first-order valence-electron chi connectivity index (χ1n) is 11.2. The molecule has 34 heavy (non-hydrogen) atoms. The number of pyridine rings is 1. The summed E-state index contributed by atoms with van der Waals surface area (Å²) in [4.78, 5) is 27.8. The second-order valence-electron chi connectivity index (χ2n) is 9.41. The molecule has 0 radical (unpaired) electrons. The third-order valence-corrected chi connectivity index (χ3v) is 7.02. The van der Waals surface area contributed by atoms with Crippen LogP contribution in [0.3, 0.4) is 0 Å². The van der Waals surface area contributed by atoms with Crippen molar-refractivity contribution < 1.29 is 9.53 Å². The molecule has 5 aromatic rings. The second kappa shape index (κ2) is 8.29. The molecular formula is C28H26N2O3S. The zero-order chi connectivity index (χ0) is 24.0. The topological polar surface area (TPSA) is 60.3 Å². The molecule has 2 aromatic heterocycles. The zero-order valence-corrected chi connectivity index (χ0v) is 20.4. The minimum absolute atomic E-state index is 0.174. The lowest BCUT2D eigenvalue weighted by molar-refractivity contribution is -0.124. The smallest absolute Gasteiger partial charge is 0.270 e. The number of thiophene rings is 1. The summed E-state index contributed by atoms with van der Waals surface area (Å²) in [7, 11) is 1.63. The Morgan fingerprint density at radius 1 is 0.971 bits per heavy atom. The SMILES string of the molecule is COc1ccc2c(c1)c1c(sc3ccccc31)c(=O)n2C(C(=O)NC(C)(C)C)c1ccccc1. The molecule has 0 aliphatic rings. The van der Waals surface area contributed by atoms with Crippen LogP contribution in [0, 0.1) is 0 Å². The molecule has 1 amide bonds. The fraction of sp³-hybridized carbons (Fsp3) is 0.214. The van der Waals surface area contributed by atoms with Crippen LogP contribution in [0.15, 0.2) is 77.6 Å². The number of rotatable bonds is 4. The Hall–Kier alpha value is -3.64. The number of carbonyl (C=O) groups excluding carboxylic acids is 1. The van der Waals surface area contributed by atoms with E-state index in [0.717, 1.165) is 26.4 Å². The molecule has 3 aromatic carbocycles. The van der Waals surface area contributed by atoms with Gasteiger partial charge in [0, 0.05) is 26.4 Å². The molecule has 5 nitrogen and oxygen atoms in total. The highest BCUT2D eigenvalue weighted by atomic mass is 32.1. The molecule has 1 N–H and O–H groups in total. The third-order valence-electron chi connectivity index (χ3n) is 5.86. The van der Waals surface area contributed by atoms with Crippen molar-refractivity contribution in [3.63, 3.8) is 0 Å². The van der Waals surface area contributed by atoms with Crippen molar-refractivity contribution in [2.24, 2.45) is 0 Å². The number of methoxy groups -OCH3 is 1. The van der Waals surface area contributed by atoms with Crippen LogP contribution in [0.5, 0.6) is 5.75 Å². The molecule has 0 saturated heterocycles. The Balaban J connectivity index is 1.92. The summed E-state index contributed by atoms with van der Waals surface area (Å²) >= 11 is 1.46. The highest BCUT2D eigenvalue weighted by Crippen LogP contribution is 2.38. The summed E-state index contributed by atoms with van der Waals surface area (Å²) in [5, 5.41) is 5.90. The van der Waals surface area contributed by atoms with E-state index in [9.17, 15) is 9.59 Å². The molecule has 0 fully saturated rings. The van der Waals surface area contributed by atoms with E-state index in [1.807, 2.05) is 93.6 Å². The molecule has 2 heterocycles. The molecular weight excluding hydrogens is 444 g/mol. The average Bonchev–Trinajstić information content (AvgIpc) is 3.21. The van der Waals surface area contributed by atoms with E-state index in [2.05, 4.69) is 5.32 Å². The quantitative estimate of drug-likeness (QED) is 0.357. The van der Waals surface area contributed by atoms with Gasteiger partial charge >= 0.3 is 0 Å². The van der Waals surface area contributed by atoms with Crippen LogP contribution in [0.2, 0.25) is 0 Å². The first kappa shape index (κ1) is 22.2. The molecule has 172 valence electrons. The van der Waals surface area contributed by atoms with Crippen LogP contribution in [0.4, 0.5) is 0 Å². The van der Waals surface area contributed by atoms with E-state index in [1.54, 1.807) is 11.7 Å². The minimum Gasteiger partial charge on any atom is -0.497 e. The van der Waals surface area contributed by atoms with Gasteiger partial charge in [-0.2, -0.15) is 0 Å². The van der Waals surface area contributed by atoms with Crippen LogP contribution in [0.25, 0.3) is 31.1 Å². The lowest BCUT2D eigenvalue weighted by Crippen LogP contribution is -2.46. The summed E-state index contributed by atoms with van der Waals surface area (Å²) in [6.07, 6.45) is 0. The molecule has 1 unspecified atom stereocenters. The maximum atomic E-state index is 14.1. The van der Waals surface area contributed by atoms with E-state index >= 15 is 0 Å². The van der Waals surface area contributed by atoms with E-state index in [0.29, 0.717) is 16.0 Å². The normalized spacial score (nSPS) is 12.8. The van der Waals surface area contributed by atoms with Gasteiger partial charge in [0.1, 0.15) is 16.5 Å². The van der Waals surface area contributed by atoms with Crippen LogP contribution >= 0.6 is 11.3 Å². The van der Waals surface area contributed by atoms with Gasteiger partial charge in [0.15, 0.2) is 0 Å². The molecule has 1 atom stereocenters. The van der Waals surface area contributed by atoms with Gasteiger partial charge in [0.05, 0.1) is 12.6 Å². The van der Waals surface area contributed by atoms with Crippen molar-refractivity contribution in [1.82, 2.24) is 9.88 Å². The van der Waals surface area contributed by atoms with Crippen molar-refractivity contribution in [3.05, 3.63) is 88.7 Å². The number of benzene rings is 3. The Morgan fingerprint density at radius 3 is 2.38 bits per heavy atom. The number of nitrogens with zero attached hydrogens (tertiary/aromatic N) is 1. The van der Waals surface area contributed by atoms with Crippen molar-refractivity contribution in [3.8, 4) is 5.75 Å². The third kappa shape index (κ3) is 3.74. The van der Waals surface area contributed by atoms with E-state index in [1.165, 1.54) is 11.3 Å². The zero-order valence-electron chi connectivity index (χ0n) is 19.6. The Bertz CT molecular complexity index is 1590. The van der Waals surface area contributed by atoms with Crippen molar-refractivity contribution in [2.45, 2.75) is 32.4 Å². The minimum atomic E-state index is -0.821. The standard InChI is InChI=1S/C28H26N2O3S/c1-28(2,3)29-26(31)24(17-10-6-5-7-11-17)30-21-15-14-18(33-4)16-20(21)23-19-12-8-9-13-22(19)34-25(23)27(30)32/h5-16,24H,1-4H3,(H,29,31). The van der Waals surface area contributed by atoms with Gasteiger partial charge in [-0.25, -0.2) is 0 Å². The maximum Gasteiger partial charge on any atom is 0.270 e. The fourth-order valence-electron chi connectivity index (χ4n) is 4.48. The number of fused-ring (bicyclic) bond motifs is 5. The van der Waals surface area contributed by atoms with Crippen molar-refractivity contribution >= 4 is 48.3 Å². The Kier molecular flexibility index (Phi) is 5.41. The number of carbonyl (C=O) groups is 1. The molecule has 6 heteroatoms. The number of amides is 1. The maximum absolute atomic E-state index is 14.1. The number of ether oxygens (including phenoxy) is 1. The van der Waals surface area contributed by atoms with Gasteiger partial charge in [-0.15, -0.1) is 11.3 Å². The Morgan fingerprint density at radius 2 is 1.68 bits per heavy atom.